The van der Waals surface area contributed by atoms with Gasteiger partial charge in [0.15, 0.2) is 0 Å². The van der Waals surface area contributed by atoms with E-state index >= 15 is 0 Å². The van der Waals surface area contributed by atoms with E-state index in [1.54, 1.807) is 11.0 Å². The fourth-order valence-electron chi connectivity index (χ4n) is 1.80. The number of nitrogens with one attached hydrogen (secondary N) is 1. The van der Waals surface area contributed by atoms with Crippen LogP contribution in [0, 0.1) is 0 Å². The Morgan fingerprint density at radius 1 is 1.14 bits per heavy atom. The molecule has 0 fully saturated rings. The van der Waals surface area contributed by atoms with Crippen LogP contribution in [0.15, 0.2) is 36.7 Å². The van der Waals surface area contributed by atoms with Crippen molar-refractivity contribution in [2.75, 3.05) is 32.9 Å². The van der Waals surface area contributed by atoms with E-state index in [2.05, 4.69) is 15.4 Å². The van der Waals surface area contributed by atoms with Crippen LogP contribution in [-0.2, 0) is 4.74 Å². The molecule has 6 nitrogen and oxygen atoms in total. The van der Waals surface area contributed by atoms with Gasteiger partial charge in [-0.3, -0.25) is 0 Å². The molecular weight excluding hydrogens is 268 g/mol. The summed E-state index contributed by atoms with van der Waals surface area (Å²) >= 11 is 0. The van der Waals surface area contributed by atoms with Crippen molar-refractivity contribution >= 4 is 0 Å². The molecule has 1 heterocycles. The first-order valence-corrected chi connectivity index (χ1v) is 7.28. The summed E-state index contributed by atoms with van der Waals surface area (Å²) in [5, 5.41) is 7.56. The third-order valence-corrected chi connectivity index (χ3v) is 2.85. The smallest absolute Gasteiger partial charge is 0.335 e. The lowest BCUT2D eigenvalue weighted by atomic mass is 10.3. The van der Waals surface area contributed by atoms with Gasteiger partial charge in [-0.15, -0.1) is 5.10 Å². The van der Waals surface area contributed by atoms with Gasteiger partial charge in [0.1, 0.15) is 12.9 Å². The molecule has 0 aliphatic heterocycles. The number of ether oxygens (including phenoxy) is 2. The maximum Gasteiger partial charge on any atom is 0.335 e. The third-order valence-electron chi connectivity index (χ3n) is 2.85. The highest BCUT2D eigenvalue weighted by Gasteiger charge is 2.02. The van der Waals surface area contributed by atoms with Crippen LogP contribution < -0.4 is 10.1 Å². The minimum atomic E-state index is 0.398. The summed E-state index contributed by atoms with van der Waals surface area (Å²) < 4.78 is 12.5. The van der Waals surface area contributed by atoms with Crippen molar-refractivity contribution in [1.29, 1.82) is 0 Å². The molecule has 0 spiro atoms. The Morgan fingerprint density at radius 3 is 2.81 bits per heavy atom. The van der Waals surface area contributed by atoms with Crippen molar-refractivity contribution in [2.24, 2.45) is 0 Å². The highest BCUT2D eigenvalue weighted by Crippen LogP contribution is 2.07. The van der Waals surface area contributed by atoms with E-state index in [1.807, 2.05) is 37.3 Å². The summed E-state index contributed by atoms with van der Waals surface area (Å²) in [5.41, 5.74) is 0.967. The van der Waals surface area contributed by atoms with E-state index in [9.17, 15) is 0 Å². The van der Waals surface area contributed by atoms with E-state index in [0.29, 0.717) is 12.6 Å². The molecule has 2 rings (SSSR count). The van der Waals surface area contributed by atoms with Crippen LogP contribution in [0.5, 0.6) is 6.01 Å². The van der Waals surface area contributed by atoms with Gasteiger partial charge in [0.25, 0.3) is 0 Å². The molecule has 0 saturated heterocycles. The number of para-hydroxylation sites is 1. The molecule has 0 aliphatic carbocycles. The quantitative estimate of drug-likeness (QED) is 0.674. The average molecular weight is 290 g/mol. The van der Waals surface area contributed by atoms with Crippen molar-refractivity contribution in [1.82, 2.24) is 20.1 Å². The third kappa shape index (κ3) is 5.53. The summed E-state index contributed by atoms with van der Waals surface area (Å²) in [6.07, 6.45) is 2.66. The molecule has 0 saturated carbocycles. The van der Waals surface area contributed by atoms with Crippen molar-refractivity contribution in [2.45, 2.75) is 13.3 Å². The van der Waals surface area contributed by atoms with Crippen LogP contribution in [0.25, 0.3) is 5.69 Å². The van der Waals surface area contributed by atoms with Crippen LogP contribution in [0.4, 0.5) is 0 Å². The second-order valence-corrected chi connectivity index (χ2v) is 4.46. The second-order valence-electron chi connectivity index (χ2n) is 4.46. The monoisotopic (exact) mass is 290 g/mol. The predicted molar refractivity (Wildman–Crippen MR) is 80.8 cm³/mol. The molecule has 1 aromatic carbocycles. The van der Waals surface area contributed by atoms with Crippen molar-refractivity contribution in [3.8, 4) is 11.7 Å². The fourth-order valence-corrected chi connectivity index (χ4v) is 1.80. The van der Waals surface area contributed by atoms with Crippen molar-refractivity contribution < 1.29 is 9.47 Å². The zero-order chi connectivity index (χ0) is 14.8. The van der Waals surface area contributed by atoms with E-state index in [0.717, 1.165) is 38.4 Å². The number of nitrogens with zero attached hydrogens (tertiary/aromatic N) is 3. The summed E-state index contributed by atoms with van der Waals surface area (Å²) in [7, 11) is 0. The Bertz CT molecular complexity index is 501. The van der Waals surface area contributed by atoms with Crippen molar-refractivity contribution in [3.63, 3.8) is 0 Å². The van der Waals surface area contributed by atoms with Gasteiger partial charge in [-0.1, -0.05) is 18.2 Å². The van der Waals surface area contributed by atoms with Crippen LogP contribution >= 0.6 is 0 Å². The molecule has 6 heteroatoms. The predicted octanol–water partition coefficient (Wildman–Crippen LogP) is 1.66. The van der Waals surface area contributed by atoms with Gasteiger partial charge >= 0.3 is 6.01 Å². The number of rotatable bonds is 10. The standard InChI is InChI=1S/C15H22N4O2/c1-2-20-11-6-9-16-10-12-21-15-17-13-19(18-15)14-7-4-3-5-8-14/h3-5,7-8,13,16H,2,6,9-12H2,1H3. The molecule has 1 N–H and O–H groups in total. The van der Waals surface area contributed by atoms with E-state index in [4.69, 9.17) is 9.47 Å². The number of hydrogen-bond donors (Lipinski definition) is 1. The maximum atomic E-state index is 5.50. The van der Waals surface area contributed by atoms with Crippen LogP contribution in [-0.4, -0.2) is 47.7 Å². The molecule has 0 amide bonds. The first kappa shape index (κ1) is 15.5. The lowest BCUT2D eigenvalue weighted by molar-refractivity contribution is 0.144. The zero-order valence-electron chi connectivity index (χ0n) is 12.4. The SMILES string of the molecule is CCOCCCNCCOc1ncn(-c2ccccc2)n1. The van der Waals surface area contributed by atoms with Gasteiger partial charge in [0.2, 0.25) is 0 Å². The first-order chi connectivity index (χ1) is 10.4. The Kier molecular flexibility index (Phi) is 6.70. The van der Waals surface area contributed by atoms with Gasteiger partial charge in [-0.25, -0.2) is 4.68 Å². The summed E-state index contributed by atoms with van der Waals surface area (Å²) in [6.45, 7) is 5.82. The first-order valence-electron chi connectivity index (χ1n) is 7.28. The van der Waals surface area contributed by atoms with Gasteiger partial charge < -0.3 is 14.8 Å². The molecule has 0 unspecified atom stereocenters. The molecule has 21 heavy (non-hydrogen) atoms. The lowest BCUT2D eigenvalue weighted by Gasteiger charge is -2.05. The highest BCUT2D eigenvalue weighted by molar-refractivity contribution is 5.29. The van der Waals surface area contributed by atoms with Crippen LogP contribution in [0.2, 0.25) is 0 Å². The van der Waals surface area contributed by atoms with E-state index in [1.165, 1.54) is 0 Å². The van der Waals surface area contributed by atoms with Gasteiger partial charge in [0, 0.05) is 19.8 Å². The Morgan fingerprint density at radius 2 is 2.00 bits per heavy atom. The fraction of sp³-hybridized carbons (Fsp3) is 0.467. The lowest BCUT2D eigenvalue weighted by Crippen LogP contribution is -2.23. The second kappa shape index (κ2) is 9.10. The molecule has 0 radical (unpaired) electrons. The Balaban J connectivity index is 1.63. The van der Waals surface area contributed by atoms with E-state index in [-0.39, 0.29) is 0 Å². The van der Waals surface area contributed by atoms with Gasteiger partial charge in [0.05, 0.1) is 5.69 Å². The molecule has 2 aromatic rings. The molecule has 0 aliphatic rings. The molecule has 0 bridgehead atoms. The number of aromatic nitrogens is 3. The Hall–Kier alpha value is -1.92. The normalized spacial score (nSPS) is 10.7. The Labute approximate surface area is 125 Å². The van der Waals surface area contributed by atoms with Gasteiger partial charge in [-0.05, 0) is 32.0 Å². The number of hydrogen-bond acceptors (Lipinski definition) is 5. The van der Waals surface area contributed by atoms with Gasteiger partial charge in [-0.2, -0.15) is 4.98 Å². The van der Waals surface area contributed by atoms with E-state index < -0.39 is 0 Å². The number of benzene rings is 1. The zero-order valence-corrected chi connectivity index (χ0v) is 12.4. The average Bonchev–Trinajstić information content (AvgIpc) is 3.00. The minimum Gasteiger partial charge on any atom is -0.461 e. The van der Waals surface area contributed by atoms with Crippen LogP contribution in [0.3, 0.4) is 0 Å². The largest absolute Gasteiger partial charge is 0.461 e. The molecule has 0 atom stereocenters. The highest BCUT2D eigenvalue weighted by atomic mass is 16.5. The topological polar surface area (TPSA) is 61.2 Å². The molecule has 114 valence electrons. The maximum absolute atomic E-state index is 5.50. The van der Waals surface area contributed by atoms with Crippen molar-refractivity contribution in [3.05, 3.63) is 36.7 Å². The summed E-state index contributed by atoms with van der Waals surface area (Å²) in [6, 6.07) is 10.2. The minimum absolute atomic E-state index is 0.398. The molecule has 1 aromatic heterocycles. The summed E-state index contributed by atoms with van der Waals surface area (Å²) in [5.74, 6) is 0. The molecular formula is C15H22N4O2. The summed E-state index contributed by atoms with van der Waals surface area (Å²) in [4.78, 5) is 4.13. The van der Waals surface area contributed by atoms with Crippen LogP contribution in [0.1, 0.15) is 13.3 Å².